The van der Waals surface area contributed by atoms with Gasteiger partial charge < -0.3 is 9.42 Å². The smallest absolute Gasteiger partial charge is 0.325 e. The largest absolute Gasteiger partial charge is 0.357 e. The summed E-state index contributed by atoms with van der Waals surface area (Å²) in [5.41, 5.74) is -0.225. The second-order valence-electron chi connectivity index (χ2n) is 5.26. The van der Waals surface area contributed by atoms with Crippen LogP contribution in [-0.2, 0) is 5.41 Å². The average molecular weight is 258 g/mol. The molecular weight excluding hydrogens is 242 g/mol. The fourth-order valence-electron chi connectivity index (χ4n) is 1.75. The van der Waals surface area contributed by atoms with Crippen molar-refractivity contribution in [3.05, 3.63) is 10.8 Å². The summed E-state index contributed by atoms with van der Waals surface area (Å²) in [5.74, 6) is 1.03. The molecule has 2 amide bonds. The van der Waals surface area contributed by atoms with Gasteiger partial charge in [0.15, 0.2) is 11.6 Å². The summed E-state index contributed by atoms with van der Waals surface area (Å²) >= 11 is 6.23. The van der Waals surface area contributed by atoms with Gasteiger partial charge in [0, 0.05) is 25.6 Å². The number of rotatable bonds is 1. The highest BCUT2D eigenvalue weighted by Gasteiger charge is 2.34. The highest BCUT2D eigenvalue weighted by atomic mass is 35.5. The summed E-state index contributed by atoms with van der Waals surface area (Å²) in [6, 6.07) is -0.0966. The van der Waals surface area contributed by atoms with Gasteiger partial charge >= 0.3 is 6.03 Å². The first-order valence-electron chi connectivity index (χ1n) is 5.50. The SMILES string of the molecule is CN1CCN(c2noc(C(C)(C)C)c2Cl)C1=O. The van der Waals surface area contributed by atoms with Gasteiger partial charge in [-0.15, -0.1) is 0 Å². The second-order valence-corrected chi connectivity index (χ2v) is 5.63. The zero-order valence-corrected chi connectivity index (χ0v) is 11.2. The Hall–Kier alpha value is -1.23. The van der Waals surface area contributed by atoms with Crippen LogP contribution in [0.2, 0.25) is 5.02 Å². The Morgan fingerprint density at radius 3 is 2.41 bits per heavy atom. The third kappa shape index (κ3) is 1.99. The molecule has 0 spiro atoms. The second kappa shape index (κ2) is 3.91. The van der Waals surface area contributed by atoms with Crippen LogP contribution in [0.5, 0.6) is 0 Å². The van der Waals surface area contributed by atoms with E-state index in [-0.39, 0.29) is 11.4 Å². The molecule has 1 saturated heterocycles. The van der Waals surface area contributed by atoms with Crippen molar-refractivity contribution in [1.29, 1.82) is 0 Å². The molecule has 0 saturated carbocycles. The van der Waals surface area contributed by atoms with Crippen LogP contribution < -0.4 is 4.90 Å². The number of carbonyl (C=O) groups is 1. The Labute approximate surface area is 105 Å². The number of hydrogen-bond acceptors (Lipinski definition) is 3. The molecule has 0 atom stereocenters. The summed E-state index contributed by atoms with van der Waals surface area (Å²) in [6.45, 7) is 7.22. The maximum atomic E-state index is 11.8. The van der Waals surface area contributed by atoms with Gasteiger partial charge in [-0.05, 0) is 0 Å². The van der Waals surface area contributed by atoms with E-state index in [0.29, 0.717) is 29.7 Å². The molecule has 1 fully saturated rings. The minimum atomic E-state index is -0.225. The van der Waals surface area contributed by atoms with Crippen LogP contribution in [0.1, 0.15) is 26.5 Å². The molecule has 1 aromatic rings. The third-order valence-corrected chi connectivity index (χ3v) is 3.11. The number of nitrogens with zero attached hydrogens (tertiary/aromatic N) is 3. The number of anilines is 1. The van der Waals surface area contributed by atoms with E-state index >= 15 is 0 Å². The van der Waals surface area contributed by atoms with E-state index in [1.54, 1.807) is 16.8 Å². The summed E-state index contributed by atoms with van der Waals surface area (Å²) in [4.78, 5) is 15.0. The number of halogens is 1. The number of urea groups is 1. The highest BCUT2D eigenvalue weighted by Crippen LogP contribution is 2.36. The molecule has 0 bridgehead atoms. The lowest BCUT2D eigenvalue weighted by atomic mass is 9.93. The van der Waals surface area contributed by atoms with Crippen molar-refractivity contribution in [3.63, 3.8) is 0 Å². The van der Waals surface area contributed by atoms with E-state index in [0.717, 1.165) is 0 Å². The Morgan fingerprint density at radius 2 is 2.00 bits per heavy atom. The molecule has 6 heteroatoms. The van der Waals surface area contributed by atoms with Crippen molar-refractivity contribution in [2.45, 2.75) is 26.2 Å². The fraction of sp³-hybridized carbons (Fsp3) is 0.636. The molecule has 2 heterocycles. The quantitative estimate of drug-likeness (QED) is 0.777. The lowest BCUT2D eigenvalue weighted by Gasteiger charge is -2.15. The average Bonchev–Trinajstić information content (AvgIpc) is 2.72. The molecule has 1 aliphatic heterocycles. The van der Waals surface area contributed by atoms with Gasteiger partial charge in [0.05, 0.1) is 0 Å². The number of carbonyl (C=O) groups excluding carboxylic acids is 1. The lowest BCUT2D eigenvalue weighted by molar-refractivity contribution is 0.229. The van der Waals surface area contributed by atoms with Crippen LogP contribution in [0, 0.1) is 0 Å². The lowest BCUT2D eigenvalue weighted by Crippen LogP contribution is -2.29. The summed E-state index contributed by atoms with van der Waals surface area (Å²) in [5, 5.41) is 4.35. The molecule has 0 aliphatic carbocycles. The summed E-state index contributed by atoms with van der Waals surface area (Å²) in [6.07, 6.45) is 0. The molecule has 1 aromatic heterocycles. The van der Waals surface area contributed by atoms with Crippen LogP contribution in [0.15, 0.2) is 4.52 Å². The minimum absolute atomic E-state index is 0.0966. The van der Waals surface area contributed by atoms with Gasteiger partial charge in [0.2, 0.25) is 0 Å². The minimum Gasteiger partial charge on any atom is -0.357 e. The summed E-state index contributed by atoms with van der Waals surface area (Å²) < 4.78 is 5.26. The zero-order valence-electron chi connectivity index (χ0n) is 10.5. The van der Waals surface area contributed by atoms with Crippen LogP contribution in [0.25, 0.3) is 0 Å². The summed E-state index contributed by atoms with van der Waals surface area (Å²) in [7, 11) is 1.75. The van der Waals surface area contributed by atoms with E-state index in [9.17, 15) is 4.79 Å². The van der Waals surface area contributed by atoms with Gasteiger partial charge in [-0.1, -0.05) is 37.5 Å². The molecule has 1 aliphatic rings. The van der Waals surface area contributed by atoms with Gasteiger partial charge in [-0.3, -0.25) is 4.90 Å². The monoisotopic (exact) mass is 257 g/mol. The van der Waals surface area contributed by atoms with E-state index in [4.69, 9.17) is 16.1 Å². The van der Waals surface area contributed by atoms with Gasteiger partial charge in [-0.25, -0.2) is 4.79 Å². The Bertz CT molecular complexity index is 450. The van der Waals surface area contributed by atoms with Crippen molar-refractivity contribution in [1.82, 2.24) is 10.1 Å². The van der Waals surface area contributed by atoms with Gasteiger partial charge in [-0.2, -0.15) is 0 Å². The molecule has 5 nitrogen and oxygen atoms in total. The van der Waals surface area contributed by atoms with Crippen LogP contribution in [0.3, 0.4) is 0 Å². The van der Waals surface area contributed by atoms with E-state index in [1.807, 2.05) is 20.8 Å². The maximum Gasteiger partial charge on any atom is 0.325 e. The molecule has 0 unspecified atom stereocenters. The topological polar surface area (TPSA) is 49.6 Å². The molecular formula is C11H16ClN3O2. The highest BCUT2D eigenvalue weighted by molar-refractivity contribution is 6.34. The third-order valence-electron chi connectivity index (χ3n) is 2.77. The number of hydrogen-bond donors (Lipinski definition) is 0. The van der Waals surface area contributed by atoms with E-state index < -0.39 is 0 Å². The van der Waals surface area contributed by atoms with Crippen molar-refractivity contribution in [3.8, 4) is 0 Å². The van der Waals surface area contributed by atoms with Crippen molar-refractivity contribution in [2.75, 3.05) is 25.0 Å². The van der Waals surface area contributed by atoms with Crippen molar-refractivity contribution in [2.24, 2.45) is 0 Å². The van der Waals surface area contributed by atoms with E-state index in [2.05, 4.69) is 5.16 Å². The predicted molar refractivity (Wildman–Crippen MR) is 65.6 cm³/mol. The molecule has 0 aromatic carbocycles. The molecule has 94 valence electrons. The maximum absolute atomic E-state index is 11.8. The van der Waals surface area contributed by atoms with Gasteiger partial charge in [0.1, 0.15) is 5.02 Å². The Morgan fingerprint density at radius 1 is 1.35 bits per heavy atom. The molecule has 17 heavy (non-hydrogen) atoms. The number of aromatic nitrogens is 1. The molecule has 0 radical (unpaired) electrons. The number of likely N-dealkylation sites (N-methyl/N-ethyl adjacent to an activating group) is 1. The van der Waals surface area contributed by atoms with Crippen molar-refractivity contribution >= 4 is 23.4 Å². The van der Waals surface area contributed by atoms with Gasteiger partial charge in [0.25, 0.3) is 0 Å². The normalized spacial score (nSPS) is 17.1. The first-order chi connectivity index (χ1) is 7.82. The van der Waals surface area contributed by atoms with Crippen molar-refractivity contribution < 1.29 is 9.32 Å². The first kappa shape index (κ1) is 12.2. The fourth-order valence-corrected chi connectivity index (χ4v) is 2.20. The zero-order chi connectivity index (χ0) is 12.8. The Balaban J connectivity index is 2.36. The standard InChI is InChI=1S/C11H16ClN3O2/c1-11(2,3)8-7(12)9(13-17-8)15-6-5-14(4)10(15)16/h5-6H2,1-4H3. The predicted octanol–water partition coefficient (Wildman–Crippen LogP) is 2.50. The molecule has 0 N–H and O–H groups in total. The molecule has 2 rings (SSSR count). The van der Waals surface area contributed by atoms with Crippen LogP contribution >= 0.6 is 11.6 Å². The van der Waals surface area contributed by atoms with Crippen LogP contribution in [-0.4, -0.2) is 36.2 Å². The van der Waals surface area contributed by atoms with Crippen LogP contribution in [0.4, 0.5) is 10.6 Å². The first-order valence-corrected chi connectivity index (χ1v) is 5.88. The number of amides is 2. The van der Waals surface area contributed by atoms with E-state index in [1.165, 1.54) is 0 Å². The Kier molecular flexibility index (Phi) is 2.81.